The van der Waals surface area contributed by atoms with Gasteiger partial charge in [0.1, 0.15) is 18.8 Å². The van der Waals surface area contributed by atoms with Crippen LogP contribution in [0.2, 0.25) is 0 Å². The molecule has 27 heavy (non-hydrogen) atoms. The van der Waals surface area contributed by atoms with Crippen molar-refractivity contribution in [1.82, 2.24) is 10.2 Å². The van der Waals surface area contributed by atoms with Gasteiger partial charge in [0.05, 0.1) is 0 Å². The molecule has 0 aromatic heterocycles. The molecule has 0 saturated carbocycles. The third kappa shape index (κ3) is 6.09. The van der Waals surface area contributed by atoms with Gasteiger partial charge in [0.25, 0.3) is 5.91 Å². The first kappa shape index (κ1) is 20.4. The zero-order chi connectivity index (χ0) is 19.8. The summed E-state index contributed by atoms with van der Waals surface area (Å²) in [7, 11) is 3.26. The van der Waals surface area contributed by atoms with Gasteiger partial charge in [-0.15, -0.1) is 0 Å². The summed E-state index contributed by atoms with van der Waals surface area (Å²) in [5.74, 6) is -0.207. The summed E-state index contributed by atoms with van der Waals surface area (Å²) in [6.07, 6.45) is -3.20. The Hall–Kier alpha value is -2.90. The third-order valence-electron chi connectivity index (χ3n) is 3.91. The lowest BCUT2D eigenvalue weighted by Gasteiger charge is -2.19. The number of aliphatic hydroxyl groups is 2. The maximum Gasteiger partial charge on any atom is 0.407 e. The van der Waals surface area contributed by atoms with E-state index in [0.717, 1.165) is 5.56 Å². The average molecular weight is 372 g/mol. The van der Waals surface area contributed by atoms with Crippen molar-refractivity contribution >= 4 is 12.0 Å². The quantitative estimate of drug-likeness (QED) is 0.687. The molecule has 3 N–H and O–H groups in total. The van der Waals surface area contributed by atoms with Gasteiger partial charge in [-0.1, -0.05) is 42.5 Å². The predicted octanol–water partition coefficient (Wildman–Crippen LogP) is 1.71. The van der Waals surface area contributed by atoms with Gasteiger partial charge >= 0.3 is 6.09 Å². The fourth-order valence-electron chi connectivity index (χ4n) is 2.41. The van der Waals surface area contributed by atoms with Gasteiger partial charge in [0.2, 0.25) is 0 Å². The van der Waals surface area contributed by atoms with E-state index < -0.39 is 18.3 Å². The fraction of sp³-hybridized carbons (Fsp3) is 0.300. The van der Waals surface area contributed by atoms with E-state index >= 15 is 0 Å². The van der Waals surface area contributed by atoms with Crippen molar-refractivity contribution in [2.75, 3.05) is 20.6 Å². The lowest BCUT2D eigenvalue weighted by Crippen LogP contribution is -2.35. The molecule has 0 spiro atoms. The lowest BCUT2D eigenvalue weighted by atomic mass is 10.0. The van der Waals surface area contributed by atoms with E-state index in [1.165, 1.54) is 11.0 Å². The Balaban J connectivity index is 1.86. The second kappa shape index (κ2) is 9.70. The van der Waals surface area contributed by atoms with Crippen LogP contribution < -0.4 is 5.32 Å². The molecule has 144 valence electrons. The highest BCUT2D eigenvalue weighted by Crippen LogP contribution is 2.18. The van der Waals surface area contributed by atoms with Gasteiger partial charge in [0, 0.05) is 26.2 Å². The Morgan fingerprint density at radius 3 is 2.44 bits per heavy atom. The molecule has 0 fully saturated rings. The minimum absolute atomic E-state index is 0.111. The van der Waals surface area contributed by atoms with E-state index in [0.29, 0.717) is 11.1 Å². The van der Waals surface area contributed by atoms with E-state index in [4.69, 9.17) is 4.74 Å². The first-order valence-electron chi connectivity index (χ1n) is 8.50. The summed E-state index contributed by atoms with van der Waals surface area (Å²) in [6.45, 7) is -0.0827. The van der Waals surface area contributed by atoms with Crippen LogP contribution in [0, 0.1) is 0 Å². The van der Waals surface area contributed by atoms with E-state index in [1.54, 1.807) is 32.3 Å². The summed E-state index contributed by atoms with van der Waals surface area (Å²) in [6, 6.07) is 15.6. The number of nitrogens with zero attached hydrogens (tertiary/aromatic N) is 1. The molecule has 0 aliphatic rings. The van der Waals surface area contributed by atoms with Crippen molar-refractivity contribution in [2.24, 2.45) is 0 Å². The molecule has 0 bridgehead atoms. The maximum atomic E-state index is 12.0. The van der Waals surface area contributed by atoms with Crippen molar-refractivity contribution < 1.29 is 24.5 Å². The molecule has 0 radical (unpaired) electrons. The molecule has 2 rings (SSSR count). The topological polar surface area (TPSA) is 99.1 Å². The van der Waals surface area contributed by atoms with E-state index in [2.05, 4.69) is 5.32 Å². The molecule has 2 aromatic rings. The van der Waals surface area contributed by atoms with Crippen molar-refractivity contribution in [3.63, 3.8) is 0 Å². The summed E-state index contributed by atoms with van der Waals surface area (Å²) in [5, 5.41) is 22.8. The minimum atomic E-state index is -1.26. The van der Waals surface area contributed by atoms with Crippen LogP contribution in [0.3, 0.4) is 0 Å². The molecule has 2 aromatic carbocycles. The molecule has 7 nitrogen and oxygen atoms in total. The lowest BCUT2D eigenvalue weighted by molar-refractivity contribution is 0.0183. The summed E-state index contributed by atoms with van der Waals surface area (Å²) < 4.78 is 5.05. The van der Waals surface area contributed by atoms with Crippen LogP contribution in [0.15, 0.2) is 54.6 Å². The number of nitrogens with one attached hydrogen (secondary N) is 1. The number of rotatable bonds is 7. The second-order valence-electron chi connectivity index (χ2n) is 6.28. The van der Waals surface area contributed by atoms with E-state index in [9.17, 15) is 19.8 Å². The van der Waals surface area contributed by atoms with Crippen LogP contribution in [0.25, 0.3) is 0 Å². The normalized spacial score (nSPS) is 12.7. The maximum absolute atomic E-state index is 12.0. The second-order valence-corrected chi connectivity index (χ2v) is 6.28. The molecule has 2 unspecified atom stereocenters. The van der Waals surface area contributed by atoms with Gasteiger partial charge in [-0.2, -0.15) is 0 Å². The zero-order valence-electron chi connectivity index (χ0n) is 15.3. The Morgan fingerprint density at radius 1 is 1.07 bits per heavy atom. The summed E-state index contributed by atoms with van der Waals surface area (Å²) in [5.41, 5.74) is 1.63. The highest BCUT2D eigenvalue weighted by atomic mass is 16.5. The molecular weight excluding hydrogens is 348 g/mol. The number of alkyl carbamates (subject to hydrolysis) is 1. The van der Waals surface area contributed by atoms with Crippen LogP contribution in [0.4, 0.5) is 4.79 Å². The molecule has 7 heteroatoms. The Morgan fingerprint density at radius 2 is 1.78 bits per heavy atom. The van der Waals surface area contributed by atoms with Gasteiger partial charge in [-0.3, -0.25) is 4.79 Å². The third-order valence-corrected chi connectivity index (χ3v) is 3.91. The Bertz CT molecular complexity index is 764. The van der Waals surface area contributed by atoms with E-state index in [-0.39, 0.29) is 19.1 Å². The van der Waals surface area contributed by atoms with Crippen molar-refractivity contribution in [2.45, 2.75) is 18.8 Å². The molecule has 0 heterocycles. The molecule has 0 saturated heterocycles. The summed E-state index contributed by atoms with van der Waals surface area (Å²) >= 11 is 0. The first-order chi connectivity index (χ1) is 12.9. The standard InChI is InChI=1S/C20H24N2O5/c1-22(2)19(25)16-10-6-9-15(11-16)18(24)17(23)12-21-20(26)27-13-14-7-4-3-5-8-14/h3-11,17-18,23-24H,12-13H2,1-2H3,(H,21,26). The van der Waals surface area contributed by atoms with Crippen molar-refractivity contribution in [3.05, 3.63) is 71.3 Å². The number of carbonyl (C=O) groups is 2. The number of ether oxygens (including phenoxy) is 1. The largest absolute Gasteiger partial charge is 0.445 e. The van der Waals surface area contributed by atoms with Crippen molar-refractivity contribution in [3.8, 4) is 0 Å². The highest BCUT2D eigenvalue weighted by Gasteiger charge is 2.20. The monoisotopic (exact) mass is 372 g/mol. The van der Waals surface area contributed by atoms with Crippen LogP contribution in [-0.4, -0.2) is 53.9 Å². The smallest absolute Gasteiger partial charge is 0.407 e. The molecule has 2 atom stereocenters. The molecule has 0 aliphatic heterocycles. The zero-order valence-corrected chi connectivity index (χ0v) is 15.3. The van der Waals surface area contributed by atoms with Crippen LogP contribution in [-0.2, 0) is 11.3 Å². The average Bonchev–Trinajstić information content (AvgIpc) is 2.70. The Labute approximate surface area is 158 Å². The van der Waals surface area contributed by atoms with Crippen LogP contribution in [0.1, 0.15) is 27.6 Å². The number of hydrogen-bond acceptors (Lipinski definition) is 5. The first-order valence-corrected chi connectivity index (χ1v) is 8.50. The Kier molecular flexibility index (Phi) is 7.34. The number of carbonyl (C=O) groups excluding carboxylic acids is 2. The van der Waals surface area contributed by atoms with Gasteiger partial charge in [-0.05, 0) is 23.3 Å². The number of amides is 2. The predicted molar refractivity (Wildman–Crippen MR) is 100 cm³/mol. The van der Waals surface area contributed by atoms with Gasteiger partial charge in [-0.25, -0.2) is 4.79 Å². The molecular formula is C20H24N2O5. The fourth-order valence-corrected chi connectivity index (χ4v) is 2.41. The minimum Gasteiger partial charge on any atom is -0.445 e. The highest BCUT2D eigenvalue weighted by molar-refractivity contribution is 5.94. The molecule has 0 aliphatic carbocycles. The van der Waals surface area contributed by atoms with Gasteiger partial charge in [0.15, 0.2) is 0 Å². The van der Waals surface area contributed by atoms with Crippen LogP contribution in [0.5, 0.6) is 0 Å². The number of aliphatic hydroxyl groups excluding tert-OH is 2. The van der Waals surface area contributed by atoms with Crippen molar-refractivity contribution in [1.29, 1.82) is 0 Å². The van der Waals surface area contributed by atoms with Crippen LogP contribution >= 0.6 is 0 Å². The number of hydrogen-bond donors (Lipinski definition) is 3. The van der Waals surface area contributed by atoms with E-state index in [1.807, 2.05) is 30.3 Å². The molecule has 2 amide bonds. The number of benzene rings is 2. The van der Waals surface area contributed by atoms with Gasteiger partial charge < -0.3 is 25.2 Å². The SMILES string of the molecule is CN(C)C(=O)c1cccc(C(O)C(O)CNC(=O)OCc2ccccc2)c1. The summed E-state index contributed by atoms with van der Waals surface area (Å²) in [4.78, 5) is 25.1.